The van der Waals surface area contributed by atoms with E-state index in [4.69, 9.17) is 37.7 Å². The average molecular weight is 609 g/mol. The summed E-state index contributed by atoms with van der Waals surface area (Å²) in [6.07, 6.45) is 0.683. The molecule has 1 aromatic heterocycles. The molecular formula is C31H27Cl2FN4O4. The standard InChI is InChI=1S/C31H27Cl2FN4O4/c1-41-13-12-38-24-10-11-37-23-9-6-16(29(39)42-2)14-22(23)35-28(37)25(24)26(18-4-3-5-20(33)27(18)34)31(38)19-8-7-17(32)15-21(19)36-30(31)40/h3-9,14-15,24-26H,10-13H2,1-2H3,(H,36,40)/t24-,25+,26-,31+/m0/s1. The van der Waals surface area contributed by atoms with Gasteiger partial charge in [0.05, 0.1) is 35.3 Å². The maximum atomic E-state index is 16.1. The van der Waals surface area contributed by atoms with Crippen LogP contribution < -0.4 is 5.32 Å². The van der Waals surface area contributed by atoms with Gasteiger partial charge in [0.25, 0.3) is 0 Å². The molecule has 3 aliphatic heterocycles. The van der Waals surface area contributed by atoms with Gasteiger partial charge in [-0.05, 0) is 48.4 Å². The minimum absolute atomic E-state index is 0.0173. The van der Waals surface area contributed by atoms with Crippen molar-refractivity contribution in [1.82, 2.24) is 14.5 Å². The zero-order chi connectivity index (χ0) is 29.3. The number of fused-ring (bicyclic) bond motifs is 7. The van der Waals surface area contributed by atoms with Crippen LogP contribution in [-0.4, -0.2) is 59.7 Å². The normalized spacial score (nSPS) is 24.5. The molecule has 1 amide bonds. The Balaban J connectivity index is 1.52. The van der Waals surface area contributed by atoms with E-state index in [9.17, 15) is 9.59 Å². The summed E-state index contributed by atoms with van der Waals surface area (Å²) in [5, 5.41) is 3.53. The molecule has 3 aliphatic rings. The van der Waals surface area contributed by atoms with Crippen LogP contribution in [0.1, 0.15) is 45.6 Å². The SMILES string of the molecule is COCCN1[C@H]2CCn3c(nc4cc(C(=O)OC)ccc43)[C@H]2[C@H](c2cccc(Cl)c2F)[C@]12C(=O)Nc1cc(Cl)ccc12. The second kappa shape index (κ2) is 10.1. The smallest absolute Gasteiger partial charge is 0.337 e. The van der Waals surface area contributed by atoms with E-state index in [-0.39, 0.29) is 17.0 Å². The molecule has 0 aliphatic carbocycles. The second-order valence-corrected chi connectivity index (χ2v) is 11.8. The number of rotatable bonds is 5. The predicted molar refractivity (Wildman–Crippen MR) is 157 cm³/mol. The summed E-state index contributed by atoms with van der Waals surface area (Å²) in [5.41, 5.74) is 2.25. The molecule has 4 heterocycles. The molecule has 4 aromatic rings. The third kappa shape index (κ3) is 3.70. The fraction of sp³-hybridized carbons (Fsp3) is 0.323. The van der Waals surface area contributed by atoms with Gasteiger partial charge in [-0.1, -0.05) is 41.4 Å². The van der Waals surface area contributed by atoms with Gasteiger partial charge < -0.3 is 19.4 Å². The fourth-order valence-corrected chi connectivity index (χ4v) is 7.87. The summed E-state index contributed by atoms with van der Waals surface area (Å²) in [6, 6.07) is 15.4. The van der Waals surface area contributed by atoms with Crippen molar-refractivity contribution in [3.8, 4) is 0 Å². The summed E-state index contributed by atoms with van der Waals surface area (Å²) in [6.45, 7) is 1.42. The molecule has 42 heavy (non-hydrogen) atoms. The minimum atomic E-state index is -1.29. The highest BCUT2D eigenvalue weighted by Crippen LogP contribution is 2.64. The van der Waals surface area contributed by atoms with Crippen LogP contribution in [0.2, 0.25) is 10.0 Å². The van der Waals surface area contributed by atoms with Crippen LogP contribution in [0.5, 0.6) is 0 Å². The average Bonchev–Trinajstić information content (AvgIpc) is 3.60. The molecular weight excluding hydrogens is 582 g/mol. The Hall–Kier alpha value is -3.50. The maximum Gasteiger partial charge on any atom is 0.337 e. The number of esters is 1. The Morgan fingerprint density at radius 1 is 1.17 bits per heavy atom. The number of anilines is 1. The summed E-state index contributed by atoms with van der Waals surface area (Å²) in [4.78, 5) is 34.0. The van der Waals surface area contributed by atoms with E-state index in [1.165, 1.54) is 13.2 Å². The molecule has 0 bridgehead atoms. The summed E-state index contributed by atoms with van der Waals surface area (Å²) in [7, 11) is 2.96. The molecule has 0 unspecified atom stereocenters. The molecule has 3 aromatic carbocycles. The molecule has 0 saturated carbocycles. The molecule has 1 spiro atoms. The largest absolute Gasteiger partial charge is 0.465 e. The number of amides is 1. The van der Waals surface area contributed by atoms with E-state index in [1.54, 1.807) is 43.5 Å². The molecule has 7 rings (SSSR count). The van der Waals surface area contributed by atoms with Gasteiger partial charge in [-0.15, -0.1) is 0 Å². The van der Waals surface area contributed by atoms with Gasteiger partial charge in [-0.3, -0.25) is 9.69 Å². The Kier molecular flexibility index (Phi) is 6.54. The third-order valence-electron chi connectivity index (χ3n) is 9.06. The van der Waals surface area contributed by atoms with E-state index in [0.717, 1.165) is 16.9 Å². The molecule has 216 valence electrons. The quantitative estimate of drug-likeness (QED) is 0.292. The molecule has 1 fully saturated rings. The van der Waals surface area contributed by atoms with Crippen LogP contribution in [-0.2, 0) is 26.4 Å². The lowest BCUT2D eigenvalue weighted by molar-refractivity contribution is -0.128. The van der Waals surface area contributed by atoms with Crippen molar-refractivity contribution in [1.29, 1.82) is 0 Å². The molecule has 8 nitrogen and oxygen atoms in total. The summed E-state index contributed by atoms with van der Waals surface area (Å²) < 4.78 is 28.7. The van der Waals surface area contributed by atoms with Crippen LogP contribution in [0.15, 0.2) is 54.6 Å². The molecule has 11 heteroatoms. The first-order chi connectivity index (χ1) is 20.3. The van der Waals surface area contributed by atoms with Gasteiger partial charge in [0.15, 0.2) is 0 Å². The lowest BCUT2D eigenvalue weighted by atomic mass is 9.70. The lowest BCUT2D eigenvalue weighted by Gasteiger charge is -2.39. The number of carbonyl (C=O) groups is 2. The number of methoxy groups -OCH3 is 2. The second-order valence-electron chi connectivity index (χ2n) is 10.9. The van der Waals surface area contributed by atoms with Gasteiger partial charge in [0.2, 0.25) is 5.91 Å². The molecule has 1 N–H and O–H groups in total. The molecule has 4 atom stereocenters. The number of aromatic nitrogens is 2. The summed E-state index contributed by atoms with van der Waals surface area (Å²) >= 11 is 12.7. The van der Waals surface area contributed by atoms with Gasteiger partial charge in [-0.25, -0.2) is 14.2 Å². The van der Waals surface area contributed by atoms with Gasteiger partial charge in [-0.2, -0.15) is 0 Å². The predicted octanol–water partition coefficient (Wildman–Crippen LogP) is 5.72. The van der Waals surface area contributed by atoms with Crippen molar-refractivity contribution in [2.75, 3.05) is 32.7 Å². The zero-order valence-electron chi connectivity index (χ0n) is 22.9. The Morgan fingerprint density at radius 2 is 2.00 bits per heavy atom. The highest BCUT2D eigenvalue weighted by atomic mass is 35.5. The third-order valence-corrected chi connectivity index (χ3v) is 9.59. The Bertz CT molecular complexity index is 1780. The van der Waals surface area contributed by atoms with Crippen molar-refractivity contribution in [2.45, 2.75) is 36.4 Å². The summed E-state index contributed by atoms with van der Waals surface area (Å²) in [5.74, 6) is -1.65. The number of hydrogen-bond acceptors (Lipinski definition) is 6. The Labute approximate surface area is 251 Å². The van der Waals surface area contributed by atoms with Crippen LogP contribution in [0.4, 0.5) is 10.1 Å². The number of nitrogens with zero attached hydrogens (tertiary/aromatic N) is 3. The van der Waals surface area contributed by atoms with E-state index in [0.29, 0.717) is 53.5 Å². The number of halogens is 3. The van der Waals surface area contributed by atoms with E-state index in [1.807, 2.05) is 12.1 Å². The monoisotopic (exact) mass is 608 g/mol. The van der Waals surface area contributed by atoms with Crippen LogP contribution in [0, 0.1) is 5.82 Å². The highest BCUT2D eigenvalue weighted by Gasteiger charge is 2.68. The lowest BCUT2D eigenvalue weighted by Crippen LogP contribution is -2.53. The van der Waals surface area contributed by atoms with Crippen molar-refractivity contribution in [3.63, 3.8) is 0 Å². The van der Waals surface area contributed by atoms with Crippen molar-refractivity contribution in [2.24, 2.45) is 0 Å². The number of benzene rings is 3. The number of hydrogen-bond donors (Lipinski definition) is 1. The van der Waals surface area contributed by atoms with Gasteiger partial charge >= 0.3 is 5.97 Å². The first-order valence-electron chi connectivity index (χ1n) is 13.7. The maximum absolute atomic E-state index is 16.1. The number of nitrogens with one attached hydrogen (secondary N) is 1. The number of aryl methyl sites for hydroxylation is 1. The topological polar surface area (TPSA) is 85.7 Å². The number of carbonyl (C=O) groups excluding carboxylic acids is 2. The number of likely N-dealkylation sites (tertiary alicyclic amines) is 1. The highest BCUT2D eigenvalue weighted by molar-refractivity contribution is 6.31. The van der Waals surface area contributed by atoms with Crippen LogP contribution >= 0.6 is 23.2 Å². The first-order valence-corrected chi connectivity index (χ1v) is 14.5. The zero-order valence-corrected chi connectivity index (χ0v) is 24.4. The van der Waals surface area contributed by atoms with Gasteiger partial charge in [0, 0.05) is 54.4 Å². The minimum Gasteiger partial charge on any atom is -0.465 e. The fourth-order valence-electron chi connectivity index (χ4n) is 7.51. The van der Waals surface area contributed by atoms with Crippen LogP contribution in [0.25, 0.3) is 11.0 Å². The molecule has 0 radical (unpaired) electrons. The van der Waals surface area contributed by atoms with E-state index >= 15 is 4.39 Å². The Morgan fingerprint density at radius 3 is 2.79 bits per heavy atom. The molecule has 1 saturated heterocycles. The van der Waals surface area contributed by atoms with Crippen molar-refractivity contribution < 1.29 is 23.5 Å². The van der Waals surface area contributed by atoms with Crippen molar-refractivity contribution in [3.05, 3.63) is 93.0 Å². The van der Waals surface area contributed by atoms with E-state index in [2.05, 4.69) is 14.8 Å². The van der Waals surface area contributed by atoms with Crippen LogP contribution in [0.3, 0.4) is 0 Å². The number of imidazole rings is 1. The van der Waals surface area contributed by atoms with E-state index < -0.39 is 29.2 Å². The first kappa shape index (κ1) is 27.3. The van der Waals surface area contributed by atoms with Crippen molar-refractivity contribution >= 4 is 51.8 Å². The van der Waals surface area contributed by atoms with Gasteiger partial charge in [0.1, 0.15) is 17.2 Å². The number of ether oxygens (including phenoxy) is 2.